The van der Waals surface area contributed by atoms with E-state index >= 15 is 0 Å². The second kappa shape index (κ2) is 6.99. The van der Waals surface area contributed by atoms with Gasteiger partial charge in [0.25, 0.3) is 0 Å². The van der Waals surface area contributed by atoms with Crippen molar-refractivity contribution in [2.45, 2.75) is 72.3 Å². The van der Waals surface area contributed by atoms with Crippen molar-refractivity contribution in [2.75, 3.05) is 0 Å². The first kappa shape index (κ1) is 19.2. The molecular formula is C20H32O4. The normalized spacial score (nSPS) is 43.1. The quantitative estimate of drug-likeness (QED) is 0.591. The first-order chi connectivity index (χ1) is 11.1. The summed E-state index contributed by atoms with van der Waals surface area (Å²) >= 11 is 0. The Bertz CT molecular complexity index is 526. The number of aliphatic hydroxyl groups is 1. The van der Waals surface area contributed by atoms with Gasteiger partial charge in [0.2, 0.25) is 0 Å². The number of hydrogen-bond acceptors (Lipinski definition) is 3. The Morgan fingerprint density at radius 1 is 1.25 bits per heavy atom. The van der Waals surface area contributed by atoms with E-state index in [-0.39, 0.29) is 11.3 Å². The highest BCUT2D eigenvalue weighted by Gasteiger charge is 2.58. The van der Waals surface area contributed by atoms with Crippen molar-refractivity contribution in [3.05, 3.63) is 11.6 Å². The fourth-order valence-corrected chi connectivity index (χ4v) is 5.68. The maximum atomic E-state index is 11.8. The molecule has 0 aromatic carbocycles. The molecule has 0 heterocycles. The molecule has 2 fully saturated rings. The van der Waals surface area contributed by atoms with Crippen LogP contribution in [0.5, 0.6) is 0 Å². The largest absolute Gasteiger partial charge is 0.478 e. The number of carbonyl (C=O) groups is 2. The van der Waals surface area contributed by atoms with E-state index in [4.69, 9.17) is 5.11 Å². The number of aliphatic carboxylic acids is 1. The molecule has 0 radical (unpaired) electrons. The molecule has 0 aromatic heterocycles. The van der Waals surface area contributed by atoms with E-state index in [1.54, 1.807) is 0 Å². The Morgan fingerprint density at radius 3 is 2.50 bits per heavy atom. The van der Waals surface area contributed by atoms with Crippen LogP contribution in [0.25, 0.3) is 0 Å². The smallest absolute Gasteiger partial charge is 0.328 e. The number of carboxylic acid groups (broad SMARTS) is 1. The molecular weight excluding hydrogens is 304 g/mol. The summed E-state index contributed by atoms with van der Waals surface area (Å²) in [6.07, 6.45) is 7.16. The van der Waals surface area contributed by atoms with Gasteiger partial charge in [-0.1, -0.05) is 32.8 Å². The summed E-state index contributed by atoms with van der Waals surface area (Å²) in [5.41, 5.74) is 0.280. The minimum atomic E-state index is -0.886. The maximum absolute atomic E-state index is 11.8. The molecule has 0 spiro atoms. The van der Waals surface area contributed by atoms with Gasteiger partial charge in [-0.05, 0) is 62.2 Å². The van der Waals surface area contributed by atoms with Crippen LogP contribution in [-0.2, 0) is 9.59 Å². The van der Waals surface area contributed by atoms with Crippen LogP contribution >= 0.6 is 0 Å². The molecule has 4 nitrogen and oxygen atoms in total. The first-order valence-electron chi connectivity index (χ1n) is 9.19. The van der Waals surface area contributed by atoms with Crippen LogP contribution in [-0.4, -0.2) is 28.6 Å². The lowest BCUT2D eigenvalue weighted by molar-refractivity contribution is -0.164. The third kappa shape index (κ3) is 3.30. The average molecular weight is 336 g/mol. The van der Waals surface area contributed by atoms with Crippen molar-refractivity contribution >= 4 is 12.3 Å². The number of carbonyl (C=O) groups excluding carboxylic acids is 1. The molecule has 0 amide bonds. The number of fused-ring (bicyclic) bond motifs is 1. The van der Waals surface area contributed by atoms with Gasteiger partial charge in [0, 0.05) is 6.08 Å². The Labute approximate surface area is 145 Å². The third-order valence-electron chi connectivity index (χ3n) is 7.14. The molecule has 0 aliphatic heterocycles. The van der Waals surface area contributed by atoms with Gasteiger partial charge in [-0.3, -0.25) is 0 Å². The average Bonchev–Trinajstić information content (AvgIpc) is 2.50. The summed E-state index contributed by atoms with van der Waals surface area (Å²) in [6, 6.07) is 0. The van der Waals surface area contributed by atoms with E-state index < -0.39 is 17.5 Å². The predicted octanol–water partition coefficient (Wildman–Crippen LogP) is 3.83. The van der Waals surface area contributed by atoms with Gasteiger partial charge in [0.05, 0.1) is 11.5 Å². The van der Waals surface area contributed by atoms with Crippen LogP contribution < -0.4 is 0 Å². The number of aldehydes is 1. The second-order valence-corrected chi connectivity index (χ2v) is 8.63. The third-order valence-corrected chi connectivity index (χ3v) is 7.14. The van der Waals surface area contributed by atoms with Crippen molar-refractivity contribution in [1.29, 1.82) is 0 Å². The Kier molecular flexibility index (Phi) is 5.58. The molecule has 0 unspecified atom stereocenters. The lowest BCUT2D eigenvalue weighted by atomic mass is 9.45. The molecule has 2 saturated carbocycles. The number of rotatable bonds is 5. The zero-order chi connectivity index (χ0) is 18.1. The van der Waals surface area contributed by atoms with Crippen molar-refractivity contribution in [1.82, 2.24) is 0 Å². The summed E-state index contributed by atoms with van der Waals surface area (Å²) < 4.78 is 0. The number of aliphatic hydroxyl groups excluding tert-OH is 1. The van der Waals surface area contributed by atoms with Gasteiger partial charge in [0.1, 0.15) is 6.29 Å². The highest BCUT2D eigenvalue weighted by atomic mass is 16.4. The Balaban J connectivity index is 2.24. The summed E-state index contributed by atoms with van der Waals surface area (Å²) in [7, 11) is 0. The molecule has 6 atom stereocenters. The number of allylic oxidation sites excluding steroid dienone is 1. The van der Waals surface area contributed by atoms with Crippen molar-refractivity contribution < 1.29 is 19.8 Å². The SMILES string of the molecule is C/C(=C/C(=O)O)CC[C@@H]1[C@H](C)CC[C@H]2[C@](C)(C=O)[C@@H](O)CC[C@]12C. The van der Waals surface area contributed by atoms with Crippen LogP contribution in [0.1, 0.15) is 66.2 Å². The molecule has 2 aliphatic carbocycles. The summed E-state index contributed by atoms with van der Waals surface area (Å²) in [5, 5.41) is 19.3. The highest BCUT2D eigenvalue weighted by Crippen LogP contribution is 2.61. The van der Waals surface area contributed by atoms with Gasteiger partial charge in [-0.15, -0.1) is 0 Å². The van der Waals surface area contributed by atoms with Crippen LogP contribution in [0.4, 0.5) is 0 Å². The number of hydrogen-bond donors (Lipinski definition) is 2. The lowest BCUT2D eigenvalue weighted by Gasteiger charge is -2.59. The van der Waals surface area contributed by atoms with E-state index in [9.17, 15) is 14.7 Å². The molecule has 0 aromatic rings. The van der Waals surface area contributed by atoms with Crippen LogP contribution in [0.15, 0.2) is 11.6 Å². The molecule has 24 heavy (non-hydrogen) atoms. The lowest BCUT2D eigenvalue weighted by Crippen LogP contribution is -2.57. The summed E-state index contributed by atoms with van der Waals surface area (Å²) in [4.78, 5) is 22.7. The molecule has 136 valence electrons. The minimum Gasteiger partial charge on any atom is -0.478 e. The molecule has 4 heteroatoms. The monoisotopic (exact) mass is 336 g/mol. The zero-order valence-corrected chi connectivity index (χ0v) is 15.4. The zero-order valence-electron chi connectivity index (χ0n) is 15.4. The van der Waals surface area contributed by atoms with Gasteiger partial charge in [-0.25, -0.2) is 4.79 Å². The summed E-state index contributed by atoms with van der Waals surface area (Å²) in [5.74, 6) is 0.342. The van der Waals surface area contributed by atoms with Crippen LogP contribution in [0.3, 0.4) is 0 Å². The Hall–Kier alpha value is -1.16. The van der Waals surface area contributed by atoms with Crippen LogP contribution in [0.2, 0.25) is 0 Å². The second-order valence-electron chi connectivity index (χ2n) is 8.63. The van der Waals surface area contributed by atoms with Crippen LogP contribution in [0, 0.1) is 28.6 Å². The van der Waals surface area contributed by atoms with Crippen molar-refractivity contribution in [2.24, 2.45) is 28.6 Å². The predicted molar refractivity (Wildman–Crippen MR) is 93.5 cm³/mol. The minimum absolute atomic E-state index is 0.0378. The standard InChI is InChI=1S/C20H32O4/c1-13(11-18(23)24)5-7-15-14(2)6-8-16-19(15,3)10-9-17(22)20(16,4)12-21/h11-12,14-17,22H,5-10H2,1-4H3,(H,23,24)/b13-11-/t14-,15-,16-,17+,19-,20+/m1/s1. The van der Waals surface area contributed by atoms with Gasteiger partial charge >= 0.3 is 5.97 Å². The van der Waals surface area contributed by atoms with Gasteiger partial charge in [0.15, 0.2) is 0 Å². The van der Waals surface area contributed by atoms with Gasteiger partial charge in [-0.2, -0.15) is 0 Å². The van der Waals surface area contributed by atoms with E-state index in [2.05, 4.69) is 13.8 Å². The fraction of sp³-hybridized carbons (Fsp3) is 0.800. The molecule has 2 aliphatic rings. The highest BCUT2D eigenvalue weighted by molar-refractivity contribution is 5.80. The van der Waals surface area contributed by atoms with Gasteiger partial charge < -0.3 is 15.0 Å². The summed E-state index contributed by atoms with van der Waals surface area (Å²) in [6.45, 7) is 8.38. The molecule has 2 N–H and O–H groups in total. The van der Waals surface area contributed by atoms with E-state index in [1.807, 2.05) is 13.8 Å². The molecule has 0 bridgehead atoms. The van der Waals surface area contributed by atoms with E-state index in [0.717, 1.165) is 44.0 Å². The van der Waals surface area contributed by atoms with Crippen molar-refractivity contribution in [3.8, 4) is 0 Å². The molecule has 0 saturated heterocycles. The topological polar surface area (TPSA) is 74.6 Å². The van der Waals surface area contributed by atoms with E-state index in [0.29, 0.717) is 18.3 Å². The molecule has 2 rings (SSSR count). The van der Waals surface area contributed by atoms with E-state index in [1.165, 1.54) is 6.08 Å². The first-order valence-corrected chi connectivity index (χ1v) is 9.19. The number of carboxylic acids is 1. The van der Waals surface area contributed by atoms with Crippen molar-refractivity contribution in [3.63, 3.8) is 0 Å². The fourth-order valence-electron chi connectivity index (χ4n) is 5.68. The Morgan fingerprint density at radius 2 is 1.92 bits per heavy atom. The maximum Gasteiger partial charge on any atom is 0.328 e.